The van der Waals surface area contributed by atoms with Gasteiger partial charge in [0.05, 0.1) is 0 Å². The summed E-state index contributed by atoms with van der Waals surface area (Å²) in [7, 11) is 4.32. The number of rotatable bonds is 2. The summed E-state index contributed by atoms with van der Waals surface area (Å²) in [5.41, 5.74) is 1.29. The molecule has 0 spiro atoms. The van der Waals surface area contributed by atoms with E-state index in [-0.39, 0.29) is 0 Å². The molecule has 1 N–H and O–H groups in total. The summed E-state index contributed by atoms with van der Waals surface area (Å²) in [4.78, 5) is 2.33. The quantitative estimate of drug-likeness (QED) is 0.826. The highest BCUT2D eigenvalue weighted by molar-refractivity contribution is 5.31. The third kappa shape index (κ3) is 2.38. The molecular weight excluding hydrogens is 198 g/mol. The van der Waals surface area contributed by atoms with E-state index < -0.39 is 0 Å². The molecule has 1 aromatic carbocycles. The van der Waals surface area contributed by atoms with Gasteiger partial charge in [0.2, 0.25) is 0 Å². The molecule has 1 fully saturated rings. The second kappa shape index (κ2) is 4.88. The third-order valence-corrected chi connectivity index (χ3v) is 3.69. The molecule has 0 aromatic heterocycles. The molecule has 0 amide bonds. The van der Waals surface area contributed by atoms with Crippen LogP contribution in [0, 0.1) is 0 Å². The highest BCUT2D eigenvalue weighted by atomic mass is 16.3. The van der Waals surface area contributed by atoms with Gasteiger partial charge in [0.25, 0.3) is 0 Å². The Morgan fingerprint density at radius 3 is 2.62 bits per heavy atom. The van der Waals surface area contributed by atoms with Crippen LogP contribution in [0.15, 0.2) is 24.3 Å². The SMILES string of the molecule is CN(C)[C@H]1CCCC[C@H]1c1cccc(O)c1. The second-order valence-electron chi connectivity index (χ2n) is 5.02. The first-order valence-electron chi connectivity index (χ1n) is 6.14. The lowest BCUT2D eigenvalue weighted by atomic mass is 9.79. The average molecular weight is 219 g/mol. The first-order valence-corrected chi connectivity index (χ1v) is 6.14. The van der Waals surface area contributed by atoms with Crippen molar-refractivity contribution in [1.82, 2.24) is 4.90 Å². The molecule has 0 heterocycles. The van der Waals surface area contributed by atoms with Gasteiger partial charge in [0, 0.05) is 6.04 Å². The zero-order valence-corrected chi connectivity index (χ0v) is 10.2. The molecule has 2 heteroatoms. The van der Waals surface area contributed by atoms with E-state index in [0.29, 0.717) is 17.7 Å². The number of phenolic OH excluding ortho intramolecular Hbond substituents is 1. The van der Waals surface area contributed by atoms with Crippen molar-refractivity contribution >= 4 is 0 Å². The monoisotopic (exact) mass is 219 g/mol. The van der Waals surface area contributed by atoms with Crippen LogP contribution in [-0.4, -0.2) is 30.1 Å². The predicted octanol–water partition coefficient (Wildman–Crippen LogP) is 2.98. The van der Waals surface area contributed by atoms with Gasteiger partial charge in [0.1, 0.15) is 5.75 Å². The lowest BCUT2D eigenvalue weighted by Crippen LogP contribution is -2.36. The normalized spacial score (nSPS) is 25.9. The minimum absolute atomic E-state index is 0.389. The van der Waals surface area contributed by atoms with Crippen LogP contribution in [0.25, 0.3) is 0 Å². The highest BCUT2D eigenvalue weighted by Gasteiger charge is 2.27. The number of aromatic hydroxyl groups is 1. The summed E-state index contributed by atoms with van der Waals surface area (Å²) in [5.74, 6) is 0.969. The molecule has 0 saturated heterocycles. The fraction of sp³-hybridized carbons (Fsp3) is 0.571. The van der Waals surface area contributed by atoms with E-state index in [9.17, 15) is 5.11 Å². The second-order valence-corrected chi connectivity index (χ2v) is 5.02. The topological polar surface area (TPSA) is 23.5 Å². The van der Waals surface area contributed by atoms with Crippen LogP contribution in [0.2, 0.25) is 0 Å². The molecule has 2 nitrogen and oxygen atoms in total. The van der Waals surface area contributed by atoms with Gasteiger partial charge in [-0.25, -0.2) is 0 Å². The first-order chi connectivity index (χ1) is 7.68. The molecule has 16 heavy (non-hydrogen) atoms. The molecule has 2 atom stereocenters. The molecule has 88 valence electrons. The van der Waals surface area contributed by atoms with Crippen molar-refractivity contribution < 1.29 is 5.11 Å². The molecule has 1 aromatic rings. The van der Waals surface area contributed by atoms with Crippen molar-refractivity contribution in [3.05, 3.63) is 29.8 Å². The number of hydrogen-bond donors (Lipinski definition) is 1. The maximum Gasteiger partial charge on any atom is 0.115 e. The first kappa shape index (κ1) is 11.5. The summed E-state index contributed by atoms with van der Waals surface area (Å²) in [6.07, 6.45) is 5.16. The molecule has 1 aliphatic carbocycles. The molecule has 2 rings (SSSR count). The minimum Gasteiger partial charge on any atom is -0.508 e. The van der Waals surface area contributed by atoms with Crippen molar-refractivity contribution in [3.8, 4) is 5.75 Å². The number of likely N-dealkylation sites (N-methyl/N-ethyl adjacent to an activating group) is 1. The maximum absolute atomic E-state index is 9.55. The van der Waals surface area contributed by atoms with E-state index in [1.807, 2.05) is 12.1 Å². The van der Waals surface area contributed by atoms with Gasteiger partial charge in [-0.2, -0.15) is 0 Å². The van der Waals surface area contributed by atoms with E-state index in [1.54, 1.807) is 6.07 Å². The molecule has 0 unspecified atom stereocenters. The zero-order valence-electron chi connectivity index (χ0n) is 10.2. The Labute approximate surface area is 97.9 Å². The van der Waals surface area contributed by atoms with Gasteiger partial charge in [0.15, 0.2) is 0 Å². The van der Waals surface area contributed by atoms with Gasteiger partial charge in [-0.1, -0.05) is 25.0 Å². The van der Waals surface area contributed by atoms with Crippen molar-refractivity contribution in [2.45, 2.75) is 37.6 Å². The average Bonchev–Trinajstić information content (AvgIpc) is 2.29. The van der Waals surface area contributed by atoms with Gasteiger partial charge in [-0.3, -0.25) is 0 Å². The number of benzene rings is 1. The van der Waals surface area contributed by atoms with Crippen molar-refractivity contribution in [1.29, 1.82) is 0 Å². The predicted molar refractivity (Wildman–Crippen MR) is 66.8 cm³/mol. The van der Waals surface area contributed by atoms with Crippen molar-refractivity contribution in [2.24, 2.45) is 0 Å². The van der Waals surface area contributed by atoms with Gasteiger partial charge < -0.3 is 10.0 Å². The minimum atomic E-state index is 0.389. The van der Waals surface area contributed by atoms with E-state index in [4.69, 9.17) is 0 Å². The fourth-order valence-electron chi connectivity index (χ4n) is 2.87. The molecule has 0 aliphatic heterocycles. The molecular formula is C14H21NO. The van der Waals surface area contributed by atoms with Crippen LogP contribution in [0.4, 0.5) is 0 Å². The largest absolute Gasteiger partial charge is 0.508 e. The smallest absolute Gasteiger partial charge is 0.115 e. The lowest BCUT2D eigenvalue weighted by Gasteiger charge is -2.36. The Morgan fingerprint density at radius 1 is 1.19 bits per heavy atom. The fourth-order valence-corrected chi connectivity index (χ4v) is 2.87. The number of hydrogen-bond acceptors (Lipinski definition) is 2. The van der Waals surface area contributed by atoms with Gasteiger partial charge >= 0.3 is 0 Å². The van der Waals surface area contributed by atoms with Crippen LogP contribution in [0.5, 0.6) is 5.75 Å². The van der Waals surface area contributed by atoms with Crippen LogP contribution in [0.3, 0.4) is 0 Å². The summed E-state index contributed by atoms with van der Waals surface area (Å²) in [6.45, 7) is 0. The Bertz CT molecular complexity index is 348. The van der Waals surface area contributed by atoms with E-state index in [2.05, 4.69) is 25.1 Å². The summed E-state index contributed by atoms with van der Waals surface area (Å²) >= 11 is 0. The Kier molecular flexibility index (Phi) is 3.49. The summed E-state index contributed by atoms with van der Waals surface area (Å²) < 4.78 is 0. The zero-order chi connectivity index (χ0) is 11.5. The van der Waals surface area contributed by atoms with Crippen molar-refractivity contribution in [3.63, 3.8) is 0 Å². The Morgan fingerprint density at radius 2 is 1.94 bits per heavy atom. The third-order valence-electron chi connectivity index (χ3n) is 3.69. The molecule has 0 bridgehead atoms. The van der Waals surface area contributed by atoms with Gasteiger partial charge in [-0.15, -0.1) is 0 Å². The van der Waals surface area contributed by atoms with Crippen LogP contribution >= 0.6 is 0 Å². The maximum atomic E-state index is 9.55. The molecule has 1 aliphatic rings. The molecule has 0 radical (unpaired) electrons. The van der Waals surface area contributed by atoms with Crippen LogP contribution < -0.4 is 0 Å². The molecule has 1 saturated carbocycles. The van der Waals surface area contributed by atoms with Crippen LogP contribution in [-0.2, 0) is 0 Å². The highest BCUT2D eigenvalue weighted by Crippen LogP contribution is 2.36. The number of phenols is 1. The lowest BCUT2D eigenvalue weighted by molar-refractivity contribution is 0.199. The van der Waals surface area contributed by atoms with E-state index in [1.165, 1.54) is 31.2 Å². The van der Waals surface area contributed by atoms with Crippen LogP contribution in [0.1, 0.15) is 37.2 Å². The van der Waals surface area contributed by atoms with E-state index >= 15 is 0 Å². The summed E-state index contributed by atoms with van der Waals surface area (Å²) in [5, 5.41) is 9.55. The Balaban J connectivity index is 2.23. The standard InChI is InChI=1S/C14H21NO/c1-15(2)14-9-4-3-8-13(14)11-6-5-7-12(16)10-11/h5-7,10,13-14,16H,3-4,8-9H2,1-2H3/t13-,14-/m0/s1. The summed E-state index contributed by atoms with van der Waals surface area (Å²) in [6, 6.07) is 8.39. The van der Waals surface area contributed by atoms with Crippen molar-refractivity contribution in [2.75, 3.05) is 14.1 Å². The Hall–Kier alpha value is -1.02. The van der Waals surface area contributed by atoms with Gasteiger partial charge in [-0.05, 0) is 50.6 Å². The number of nitrogens with zero attached hydrogens (tertiary/aromatic N) is 1. The van der Waals surface area contributed by atoms with E-state index in [0.717, 1.165) is 0 Å².